The van der Waals surface area contributed by atoms with Crippen LogP contribution in [0.15, 0.2) is 54.6 Å². The molecule has 0 aliphatic carbocycles. The first-order chi connectivity index (χ1) is 14.2. The van der Waals surface area contributed by atoms with E-state index in [2.05, 4.69) is 0 Å². The smallest absolute Gasteiger partial charge is 0.320 e. The maximum atomic E-state index is 12.9. The molecule has 0 spiro atoms. The van der Waals surface area contributed by atoms with Crippen LogP contribution in [0.4, 0.5) is 4.79 Å². The summed E-state index contributed by atoms with van der Waals surface area (Å²) in [5.74, 6) is 1.36. The number of carbonyl (C=O) groups is 2. The number of piperidine rings is 1. The highest BCUT2D eigenvalue weighted by molar-refractivity contribution is 5.94. The zero-order valence-electron chi connectivity index (χ0n) is 16.6. The van der Waals surface area contributed by atoms with Gasteiger partial charge in [-0.15, -0.1) is 0 Å². The average molecular weight is 393 g/mol. The molecule has 2 heterocycles. The maximum absolute atomic E-state index is 12.9. The van der Waals surface area contributed by atoms with Gasteiger partial charge in [-0.25, -0.2) is 4.79 Å². The summed E-state index contributed by atoms with van der Waals surface area (Å²) in [6.07, 6.45) is 3.39. The SMILES string of the molecule is O=C(c1cccc(Oc2ccccc2)c1)N1CCN(C(=O)N2CCCCC2)CC1. The van der Waals surface area contributed by atoms with Gasteiger partial charge in [-0.3, -0.25) is 4.79 Å². The van der Waals surface area contributed by atoms with Crippen LogP contribution in [-0.2, 0) is 0 Å². The monoisotopic (exact) mass is 393 g/mol. The number of benzene rings is 2. The van der Waals surface area contributed by atoms with Crippen LogP contribution in [0.25, 0.3) is 0 Å². The molecular weight excluding hydrogens is 366 g/mol. The average Bonchev–Trinajstić information content (AvgIpc) is 2.80. The zero-order chi connectivity index (χ0) is 20.1. The van der Waals surface area contributed by atoms with E-state index in [0.29, 0.717) is 37.5 Å². The number of piperazine rings is 1. The van der Waals surface area contributed by atoms with E-state index >= 15 is 0 Å². The lowest BCUT2D eigenvalue weighted by Gasteiger charge is -2.38. The molecule has 3 amide bonds. The number of carbonyl (C=O) groups excluding carboxylic acids is 2. The lowest BCUT2D eigenvalue weighted by atomic mass is 10.1. The molecule has 0 bridgehead atoms. The van der Waals surface area contributed by atoms with Gasteiger partial charge >= 0.3 is 6.03 Å². The molecule has 0 saturated carbocycles. The summed E-state index contributed by atoms with van der Waals surface area (Å²) in [4.78, 5) is 31.2. The molecule has 0 aromatic heterocycles. The Morgan fingerprint density at radius 2 is 1.28 bits per heavy atom. The van der Waals surface area contributed by atoms with E-state index in [0.717, 1.165) is 31.7 Å². The Bertz CT molecular complexity index is 841. The van der Waals surface area contributed by atoms with Crippen molar-refractivity contribution in [1.82, 2.24) is 14.7 Å². The molecule has 2 fully saturated rings. The number of urea groups is 1. The fourth-order valence-electron chi connectivity index (χ4n) is 3.89. The van der Waals surface area contributed by atoms with E-state index in [9.17, 15) is 9.59 Å². The minimum absolute atomic E-state index is 0.0198. The number of amides is 3. The molecule has 2 aromatic rings. The van der Waals surface area contributed by atoms with E-state index in [4.69, 9.17) is 4.74 Å². The van der Waals surface area contributed by atoms with Crippen molar-refractivity contribution in [3.63, 3.8) is 0 Å². The summed E-state index contributed by atoms with van der Waals surface area (Å²) in [5, 5.41) is 0. The lowest BCUT2D eigenvalue weighted by Crippen LogP contribution is -2.54. The van der Waals surface area contributed by atoms with Crippen molar-refractivity contribution in [2.75, 3.05) is 39.3 Å². The van der Waals surface area contributed by atoms with Crippen LogP contribution in [0.1, 0.15) is 29.6 Å². The van der Waals surface area contributed by atoms with Gasteiger partial charge in [0.2, 0.25) is 0 Å². The Labute approximate surface area is 171 Å². The molecule has 2 aromatic carbocycles. The number of para-hydroxylation sites is 1. The van der Waals surface area contributed by atoms with Crippen LogP contribution in [0, 0.1) is 0 Å². The molecule has 0 unspecified atom stereocenters. The first kappa shape index (κ1) is 19.3. The summed E-state index contributed by atoms with van der Waals surface area (Å²) in [7, 11) is 0. The Balaban J connectivity index is 1.34. The Kier molecular flexibility index (Phi) is 5.98. The number of nitrogens with zero attached hydrogens (tertiary/aromatic N) is 3. The second-order valence-corrected chi connectivity index (χ2v) is 7.55. The third-order valence-electron chi connectivity index (χ3n) is 5.52. The van der Waals surface area contributed by atoms with Gasteiger partial charge in [0.1, 0.15) is 11.5 Å². The van der Waals surface area contributed by atoms with Crippen LogP contribution in [-0.4, -0.2) is 65.9 Å². The molecule has 2 aliphatic heterocycles. The summed E-state index contributed by atoms with van der Waals surface area (Å²) >= 11 is 0. The standard InChI is InChI=1S/C23H27N3O3/c27-22(19-8-7-11-21(18-19)29-20-9-3-1-4-10-20)24-14-16-26(17-15-24)23(28)25-12-5-2-6-13-25/h1,3-4,7-11,18H,2,5-6,12-17H2. The molecule has 29 heavy (non-hydrogen) atoms. The van der Waals surface area contributed by atoms with Crippen LogP contribution >= 0.6 is 0 Å². The van der Waals surface area contributed by atoms with Gasteiger partial charge in [0.15, 0.2) is 0 Å². The number of hydrogen-bond donors (Lipinski definition) is 0. The topological polar surface area (TPSA) is 53.1 Å². The van der Waals surface area contributed by atoms with Crippen molar-refractivity contribution in [2.24, 2.45) is 0 Å². The summed E-state index contributed by atoms with van der Waals surface area (Å²) < 4.78 is 5.84. The third-order valence-corrected chi connectivity index (χ3v) is 5.52. The van der Waals surface area contributed by atoms with E-state index in [1.54, 1.807) is 6.07 Å². The van der Waals surface area contributed by atoms with Crippen LogP contribution in [0.3, 0.4) is 0 Å². The van der Waals surface area contributed by atoms with Crippen LogP contribution < -0.4 is 4.74 Å². The minimum atomic E-state index is -0.0198. The maximum Gasteiger partial charge on any atom is 0.320 e. The summed E-state index contributed by atoms with van der Waals surface area (Å²) in [5.41, 5.74) is 0.606. The van der Waals surface area contributed by atoms with Gasteiger partial charge in [0, 0.05) is 44.8 Å². The molecule has 6 nitrogen and oxygen atoms in total. The van der Waals surface area contributed by atoms with E-state index in [-0.39, 0.29) is 11.9 Å². The predicted octanol–water partition coefficient (Wildman–Crippen LogP) is 3.84. The Morgan fingerprint density at radius 1 is 0.655 bits per heavy atom. The molecule has 0 N–H and O–H groups in total. The fraction of sp³-hybridized carbons (Fsp3) is 0.391. The van der Waals surface area contributed by atoms with Gasteiger partial charge in [-0.05, 0) is 49.6 Å². The highest BCUT2D eigenvalue weighted by atomic mass is 16.5. The quantitative estimate of drug-likeness (QED) is 0.796. The molecule has 4 rings (SSSR count). The largest absolute Gasteiger partial charge is 0.457 e. The second-order valence-electron chi connectivity index (χ2n) is 7.55. The summed E-state index contributed by atoms with van der Waals surface area (Å²) in [6.45, 7) is 3.99. The van der Waals surface area contributed by atoms with E-state index in [1.807, 2.05) is 63.2 Å². The molecule has 152 valence electrons. The normalized spacial score (nSPS) is 17.2. The molecule has 6 heteroatoms. The Hall–Kier alpha value is -3.02. The fourth-order valence-corrected chi connectivity index (χ4v) is 3.89. The molecule has 2 aliphatic rings. The molecular formula is C23H27N3O3. The van der Waals surface area contributed by atoms with E-state index < -0.39 is 0 Å². The predicted molar refractivity (Wildman–Crippen MR) is 111 cm³/mol. The number of rotatable bonds is 3. The Morgan fingerprint density at radius 3 is 2.00 bits per heavy atom. The van der Waals surface area contributed by atoms with E-state index in [1.165, 1.54) is 6.42 Å². The van der Waals surface area contributed by atoms with Gasteiger partial charge in [0.05, 0.1) is 0 Å². The lowest BCUT2D eigenvalue weighted by molar-refractivity contribution is 0.0632. The van der Waals surface area contributed by atoms with Crippen molar-refractivity contribution < 1.29 is 14.3 Å². The number of likely N-dealkylation sites (tertiary alicyclic amines) is 1. The first-order valence-corrected chi connectivity index (χ1v) is 10.4. The number of hydrogen-bond acceptors (Lipinski definition) is 3. The number of ether oxygens (including phenoxy) is 1. The zero-order valence-corrected chi connectivity index (χ0v) is 16.6. The van der Waals surface area contributed by atoms with Crippen LogP contribution in [0.5, 0.6) is 11.5 Å². The molecule has 0 radical (unpaired) electrons. The van der Waals surface area contributed by atoms with Crippen molar-refractivity contribution in [3.8, 4) is 11.5 Å². The van der Waals surface area contributed by atoms with Gasteiger partial charge in [-0.2, -0.15) is 0 Å². The van der Waals surface area contributed by atoms with Gasteiger partial charge < -0.3 is 19.4 Å². The molecule has 2 saturated heterocycles. The second kappa shape index (κ2) is 8.99. The highest BCUT2D eigenvalue weighted by Crippen LogP contribution is 2.23. The summed E-state index contributed by atoms with van der Waals surface area (Å²) in [6, 6.07) is 16.9. The van der Waals surface area contributed by atoms with Crippen LogP contribution in [0.2, 0.25) is 0 Å². The minimum Gasteiger partial charge on any atom is -0.457 e. The third kappa shape index (κ3) is 4.70. The van der Waals surface area contributed by atoms with Crippen molar-refractivity contribution >= 4 is 11.9 Å². The van der Waals surface area contributed by atoms with Crippen molar-refractivity contribution in [1.29, 1.82) is 0 Å². The van der Waals surface area contributed by atoms with Crippen molar-refractivity contribution in [3.05, 3.63) is 60.2 Å². The van der Waals surface area contributed by atoms with Gasteiger partial charge in [0.25, 0.3) is 5.91 Å². The van der Waals surface area contributed by atoms with Gasteiger partial charge in [-0.1, -0.05) is 24.3 Å². The first-order valence-electron chi connectivity index (χ1n) is 10.4. The highest BCUT2D eigenvalue weighted by Gasteiger charge is 2.28. The molecule has 0 atom stereocenters. The van der Waals surface area contributed by atoms with Crippen molar-refractivity contribution in [2.45, 2.75) is 19.3 Å².